The predicted octanol–water partition coefficient (Wildman–Crippen LogP) is 3.08. The summed E-state index contributed by atoms with van der Waals surface area (Å²) in [5.74, 6) is -0.586. The molecule has 1 aromatic heterocycles. The van der Waals surface area contributed by atoms with Crippen molar-refractivity contribution in [2.45, 2.75) is 25.9 Å². The molecule has 3 heterocycles. The number of hydrogen-bond donors (Lipinski definition) is 1. The molecule has 0 amide bonds. The van der Waals surface area contributed by atoms with Crippen LogP contribution in [0.1, 0.15) is 31.4 Å². The summed E-state index contributed by atoms with van der Waals surface area (Å²) in [5, 5.41) is 3.41. The molecular formula is C19H22F2N4O. The van der Waals surface area contributed by atoms with Crippen molar-refractivity contribution in [2.75, 3.05) is 31.1 Å². The molecule has 2 aromatic rings. The Hall–Kier alpha value is -2.28. The summed E-state index contributed by atoms with van der Waals surface area (Å²) in [6, 6.07) is 6.08. The summed E-state index contributed by atoms with van der Waals surface area (Å²) in [6.45, 7) is 5.50. The van der Waals surface area contributed by atoms with Crippen molar-refractivity contribution in [3.05, 3.63) is 47.7 Å². The Morgan fingerprint density at radius 1 is 1.31 bits per heavy atom. The summed E-state index contributed by atoms with van der Waals surface area (Å²) in [5.41, 5.74) is 0.898. The number of ether oxygens (including phenoxy) is 1. The average Bonchev–Trinajstić information content (AvgIpc) is 3.27. The lowest BCUT2D eigenvalue weighted by atomic mass is 9.87. The van der Waals surface area contributed by atoms with Crippen LogP contribution in [0.2, 0.25) is 0 Å². The van der Waals surface area contributed by atoms with Gasteiger partial charge in [0.15, 0.2) is 0 Å². The second kappa shape index (κ2) is 6.79. The van der Waals surface area contributed by atoms with Gasteiger partial charge in [0.05, 0.1) is 6.20 Å². The van der Waals surface area contributed by atoms with Crippen LogP contribution in [-0.4, -0.2) is 36.1 Å². The first-order valence-electron chi connectivity index (χ1n) is 8.95. The van der Waals surface area contributed by atoms with Gasteiger partial charge in [0, 0.05) is 25.0 Å². The van der Waals surface area contributed by atoms with E-state index in [9.17, 15) is 8.78 Å². The highest BCUT2D eigenvalue weighted by Gasteiger charge is 2.41. The topological polar surface area (TPSA) is 50.3 Å². The van der Waals surface area contributed by atoms with Gasteiger partial charge in [-0.15, -0.1) is 0 Å². The first kappa shape index (κ1) is 17.1. The Morgan fingerprint density at radius 3 is 2.96 bits per heavy atom. The van der Waals surface area contributed by atoms with E-state index in [2.05, 4.69) is 20.2 Å². The third kappa shape index (κ3) is 3.35. The summed E-state index contributed by atoms with van der Waals surface area (Å²) in [6.07, 6.45) is 2.85. The number of benzene rings is 1. The van der Waals surface area contributed by atoms with Crippen molar-refractivity contribution >= 4 is 5.95 Å². The SMILES string of the molecule is C[C@@H](Oc1nc(N2CCC3(CCNC3)C2)ncc1F)c1cccc(F)c1. The molecule has 26 heavy (non-hydrogen) atoms. The van der Waals surface area contributed by atoms with Gasteiger partial charge in [-0.05, 0) is 44.0 Å². The fourth-order valence-electron chi connectivity index (χ4n) is 3.82. The van der Waals surface area contributed by atoms with Crippen LogP contribution in [0.25, 0.3) is 0 Å². The molecule has 2 fully saturated rings. The Bertz CT molecular complexity index is 795. The molecule has 2 atom stereocenters. The van der Waals surface area contributed by atoms with Crippen LogP contribution >= 0.6 is 0 Å². The van der Waals surface area contributed by atoms with Gasteiger partial charge in [-0.1, -0.05) is 12.1 Å². The van der Waals surface area contributed by atoms with E-state index >= 15 is 0 Å². The smallest absolute Gasteiger partial charge is 0.255 e. The number of aromatic nitrogens is 2. The van der Waals surface area contributed by atoms with E-state index in [4.69, 9.17) is 4.74 Å². The minimum absolute atomic E-state index is 0.0998. The molecule has 2 aliphatic heterocycles. The highest BCUT2D eigenvalue weighted by molar-refractivity contribution is 5.36. The molecule has 0 bridgehead atoms. The van der Waals surface area contributed by atoms with Gasteiger partial charge in [-0.25, -0.2) is 9.37 Å². The zero-order valence-electron chi connectivity index (χ0n) is 14.7. The summed E-state index contributed by atoms with van der Waals surface area (Å²) in [7, 11) is 0. The Labute approximate surface area is 151 Å². The molecule has 138 valence electrons. The van der Waals surface area contributed by atoms with Crippen molar-refractivity contribution in [2.24, 2.45) is 5.41 Å². The normalized spacial score (nSPS) is 23.6. The largest absolute Gasteiger partial charge is 0.468 e. The van der Waals surface area contributed by atoms with Crippen LogP contribution in [0.5, 0.6) is 5.88 Å². The number of anilines is 1. The maximum Gasteiger partial charge on any atom is 0.255 e. The van der Waals surface area contributed by atoms with E-state index in [-0.39, 0.29) is 17.1 Å². The molecular weight excluding hydrogens is 338 g/mol. The maximum absolute atomic E-state index is 14.2. The maximum atomic E-state index is 14.2. The van der Waals surface area contributed by atoms with Gasteiger partial charge in [0.25, 0.3) is 5.88 Å². The van der Waals surface area contributed by atoms with Crippen LogP contribution in [0.15, 0.2) is 30.5 Å². The van der Waals surface area contributed by atoms with Gasteiger partial charge in [-0.3, -0.25) is 0 Å². The average molecular weight is 360 g/mol. The lowest BCUT2D eigenvalue weighted by molar-refractivity contribution is 0.205. The first-order chi connectivity index (χ1) is 12.5. The lowest BCUT2D eigenvalue weighted by Crippen LogP contribution is -2.30. The molecule has 0 aliphatic carbocycles. The van der Waals surface area contributed by atoms with Crippen LogP contribution in [0.4, 0.5) is 14.7 Å². The van der Waals surface area contributed by atoms with Crippen LogP contribution in [0.3, 0.4) is 0 Å². The number of hydrogen-bond acceptors (Lipinski definition) is 5. The van der Waals surface area contributed by atoms with Crippen LogP contribution in [0, 0.1) is 17.0 Å². The van der Waals surface area contributed by atoms with Gasteiger partial charge >= 0.3 is 0 Å². The quantitative estimate of drug-likeness (QED) is 0.908. The van der Waals surface area contributed by atoms with E-state index < -0.39 is 11.9 Å². The molecule has 5 nitrogen and oxygen atoms in total. The van der Waals surface area contributed by atoms with Crippen molar-refractivity contribution in [3.63, 3.8) is 0 Å². The molecule has 0 radical (unpaired) electrons. The van der Waals surface area contributed by atoms with E-state index in [1.807, 2.05) is 0 Å². The number of rotatable bonds is 4. The molecule has 2 aliphatic rings. The highest BCUT2D eigenvalue weighted by atomic mass is 19.1. The minimum atomic E-state index is -0.617. The second-order valence-electron chi connectivity index (χ2n) is 7.24. The fraction of sp³-hybridized carbons (Fsp3) is 0.474. The van der Waals surface area contributed by atoms with E-state index in [0.717, 1.165) is 45.2 Å². The number of nitrogens with zero attached hydrogens (tertiary/aromatic N) is 3. The van der Waals surface area contributed by atoms with Crippen LogP contribution < -0.4 is 15.0 Å². The Morgan fingerprint density at radius 2 is 2.19 bits per heavy atom. The van der Waals surface area contributed by atoms with Crippen molar-refractivity contribution in [3.8, 4) is 5.88 Å². The van der Waals surface area contributed by atoms with Gasteiger partial charge in [-0.2, -0.15) is 9.37 Å². The predicted molar refractivity (Wildman–Crippen MR) is 94.2 cm³/mol. The molecule has 1 spiro atoms. The van der Waals surface area contributed by atoms with E-state index in [0.29, 0.717) is 11.5 Å². The minimum Gasteiger partial charge on any atom is -0.468 e. The van der Waals surface area contributed by atoms with Crippen molar-refractivity contribution < 1.29 is 13.5 Å². The summed E-state index contributed by atoms with van der Waals surface area (Å²) in [4.78, 5) is 10.5. The van der Waals surface area contributed by atoms with E-state index in [1.54, 1.807) is 19.1 Å². The molecule has 7 heteroatoms. The van der Waals surface area contributed by atoms with Gasteiger partial charge in [0.1, 0.15) is 11.9 Å². The molecule has 0 saturated carbocycles. The van der Waals surface area contributed by atoms with Gasteiger partial charge < -0.3 is 15.0 Å². The Kier molecular flexibility index (Phi) is 4.48. The molecule has 1 aromatic carbocycles. The first-order valence-corrected chi connectivity index (χ1v) is 8.95. The van der Waals surface area contributed by atoms with Crippen molar-refractivity contribution in [1.82, 2.24) is 15.3 Å². The number of nitrogens with one attached hydrogen (secondary N) is 1. The summed E-state index contributed by atoms with van der Waals surface area (Å²) < 4.78 is 33.2. The zero-order valence-corrected chi connectivity index (χ0v) is 14.7. The third-order valence-electron chi connectivity index (χ3n) is 5.36. The summed E-state index contributed by atoms with van der Waals surface area (Å²) >= 11 is 0. The van der Waals surface area contributed by atoms with Crippen molar-refractivity contribution in [1.29, 1.82) is 0 Å². The molecule has 4 rings (SSSR count). The fourth-order valence-corrected chi connectivity index (χ4v) is 3.82. The van der Waals surface area contributed by atoms with E-state index in [1.165, 1.54) is 12.1 Å². The lowest BCUT2D eigenvalue weighted by Gasteiger charge is -2.23. The second-order valence-corrected chi connectivity index (χ2v) is 7.24. The van der Waals surface area contributed by atoms with Crippen LogP contribution in [-0.2, 0) is 0 Å². The zero-order chi connectivity index (χ0) is 18.1. The highest BCUT2D eigenvalue weighted by Crippen LogP contribution is 2.37. The monoisotopic (exact) mass is 360 g/mol. The molecule has 1 unspecified atom stereocenters. The third-order valence-corrected chi connectivity index (χ3v) is 5.36. The molecule has 1 N–H and O–H groups in total. The standard InChI is InChI=1S/C19H22F2N4O/c1-13(14-3-2-4-15(20)9-14)26-17-16(21)10-23-18(24-17)25-8-6-19(12-25)5-7-22-11-19/h2-4,9-10,13,22H,5-8,11-12H2,1H3/t13-,19?/m1/s1. The van der Waals surface area contributed by atoms with Gasteiger partial charge in [0.2, 0.25) is 11.8 Å². The Balaban J connectivity index is 1.51. The molecule has 2 saturated heterocycles. The number of halogens is 2.